The van der Waals surface area contributed by atoms with Gasteiger partial charge in [0.1, 0.15) is 5.54 Å². The Kier molecular flexibility index (Phi) is 2.56. The van der Waals surface area contributed by atoms with Crippen LogP contribution in [-0.2, 0) is 5.54 Å². The average Bonchev–Trinajstić information content (AvgIpc) is 2.04. The highest BCUT2D eigenvalue weighted by atomic mass is 19.3. The van der Waals surface area contributed by atoms with Crippen LogP contribution in [0.5, 0.6) is 0 Å². The Bertz CT molecular complexity index is 299. The van der Waals surface area contributed by atoms with Crippen LogP contribution in [0.2, 0.25) is 0 Å². The number of nitrogens with two attached hydrogens (primary N) is 1. The molecule has 13 heavy (non-hydrogen) atoms. The summed E-state index contributed by atoms with van der Waals surface area (Å²) in [7, 11) is 0. The molecule has 1 heterocycles. The van der Waals surface area contributed by atoms with Crippen molar-refractivity contribution in [3.8, 4) is 0 Å². The molecule has 72 valence electrons. The van der Waals surface area contributed by atoms with Gasteiger partial charge in [-0.05, 0) is 13.8 Å². The van der Waals surface area contributed by atoms with Crippen molar-refractivity contribution in [1.82, 2.24) is 9.97 Å². The number of hydrogen-bond donors (Lipinski definition) is 1. The molecule has 5 heteroatoms. The molecule has 3 nitrogen and oxygen atoms in total. The van der Waals surface area contributed by atoms with Gasteiger partial charge < -0.3 is 5.73 Å². The summed E-state index contributed by atoms with van der Waals surface area (Å²) in [6.45, 7) is 2.85. The van der Waals surface area contributed by atoms with E-state index >= 15 is 0 Å². The molecule has 0 amide bonds. The van der Waals surface area contributed by atoms with Crippen LogP contribution in [0.1, 0.15) is 18.3 Å². The second kappa shape index (κ2) is 3.33. The van der Waals surface area contributed by atoms with Gasteiger partial charge in [0.05, 0.1) is 11.4 Å². The molecule has 0 spiro atoms. The summed E-state index contributed by atoms with van der Waals surface area (Å²) in [5.41, 5.74) is 4.29. The highest BCUT2D eigenvalue weighted by molar-refractivity contribution is 5.18. The fraction of sp³-hybridized carbons (Fsp3) is 0.500. The van der Waals surface area contributed by atoms with Gasteiger partial charge >= 0.3 is 0 Å². The van der Waals surface area contributed by atoms with Crippen molar-refractivity contribution in [2.24, 2.45) is 5.73 Å². The van der Waals surface area contributed by atoms with Gasteiger partial charge in [-0.2, -0.15) is 0 Å². The zero-order valence-corrected chi connectivity index (χ0v) is 7.46. The number of rotatable bonds is 2. The molecule has 0 saturated heterocycles. The van der Waals surface area contributed by atoms with E-state index in [1.54, 1.807) is 6.92 Å². The third-order valence-electron chi connectivity index (χ3n) is 1.84. The molecule has 2 N–H and O–H groups in total. The minimum Gasteiger partial charge on any atom is -0.316 e. The third kappa shape index (κ3) is 1.80. The lowest BCUT2D eigenvalue weighted by molar-refractivity contribution is 0.0595. The fourth-order valence-corrected chi connectivity index (χ4v) is 1.04. The van der Waals surface area contributed by atoms with E-state index in [1.807, 2.05) is 0 Å². The second-order valence-electron chi connectivity index (χ2n) is 3.07. The molecule has 0 bridgehead atoms. The summed E-state index contributed by atoms with van der Waals surface area (Å²) in [6, 6.07) is 0. The van der Waals surface area contributed by atoms with E-state index in [-0.39, 0.29) is 5.69 Å². The lowest BCUT2D eigenvalue weighted by Crippen LogP contribution is -2.42. The van der Waals surface area contributed by atoms with Crippen molar-refractivity contribution in [3.05, 3.63) is 23.8 Å². The molecule has 0 aromatic carbocycles. The molecule has 1 rings (SSSR count). The lowest BCUT2D eigenvalue weighted by atomic mass is 9.98. The van der Waals surface area contributed by atoms with Crippen LogP contribution in [0.15, 0.2) is 12.4 Å². The quantitative estimate of drug-likeness (QED) is 0.757. The van der Waals surface area contributed by atoms with Gasteiger partial charge in [-0.1, -0.05) is 0 Å². The predicted octanol–water partition coefficient (Wildman–Crippen LogP) is 1.22. The number of aryl methyl sites for hydroxylation is 1. The molecule has 0 saturated carbocycles. The normalized spacial score (nSPS) is 15.8. The first kappa shape index (κ1) is 9.98. The smallest absolute Gasteiger partial charge is 0.261 e. The number of hydrogen-bond acceptors (Lipinski definition) is 3. The van der Waals surface area contributed by atoms with Crippen LogP contribution < -0.4 is 5.73 Å². The molecule has 0 fully saturated rings. The fourth-order valence-electron chi connectivity index (χ4n) is 1.04. The van der Waals surface area contributed by atoms with E-state index in [0.29, 0.717) is 5.69 Å². The largest absolute Gasteiger partial charge is 0.316 e. The Balaban J connectivity index is 3.14. The highest BCUT2D eigenvalue weighted by Gasteiger charge is 2.35. The van der Waals surface area contributed by atoms with Crippen molar-refractivity contribution in [2.45, 2.75) is 25.8 Å². The van der Waals surface area contributed by atoms with E-state index < -0.39 is 12.0 Å². The first-order valence-electron chi connectivity index (χ1n) is 3.81. The average molecular weight is 187 g/mol. The van der Waals surface area contributed by atoms with Gasteiger partial charge in [0, 0.05) is 12.4 Å². The highest BCUT2D eigenvalue weighted by Crippen LogP contribution is 2.24. The van der Waals surface area contributed by atoms with Crippen molar-refractivity contribution >= 4 is 0 Å². The zero-order valence-electron chi connectivity index (χ0n) is 7.46. The topological polar surface area (TPSA) is 51.8 Å². The molecular formula is C8H11F2N3. The molecule has 0 aliphatic heterocycles. The van der Waals surface area contributed by atoms with Crippen molar-refractivity contribution in [3.63, 3.8) is 0 Å². The van der Waals surface area contributed by atoms with Crippen molar-refractivity contribution < 1.29 is 8.78 Å². The maximum absolute atomic E-state index is 12.5. The van der Waals surface area contributed by atoms with Gasteiger partial charge in [0.15, 0.2) is 0 Å². The Morgan fingerprint density at radius 1 is 1.38 bits per heavy atom. The minimum atomic E-state index is -2.65. The van der Waals surface area contributed by atoms with Crippen LogP contribution >= 0.6 is 0 Å². The Labute approximate surface area is 75.0 Å². The molecule has 1 aromatic rings. The number of nitrogens with zero attached hydrogens (tertiary/aromatic N) is 2. The monoisotopic (exact) mass is 187 g/mol. The number of halogens is 2. The van der Waals surface area contributed by atoms with Crippen LogP contribution in [0, 0.1) is 6.92 Å². The van der Waals surface area contributed by atoms with Crippen molar-refractivity contribution in [1.29, 1.82) is 0 Å². The lowest BCUT2D eigenvalue weighted by Gasteiger charge is -2.23. The maximum atomic E-state index is 12.5. The summed E-state index contributed by atoms with van der Waals surface area (Å²) in [4.78, 5) is 7.66. The first-order valence-corrected chi connectivity index (χ1v) is 3.81. The van der Waals surface area contributed by atoms with E-state index in [1.165, 1.54) is 19.3 Å². The Morgan fingerprint density at radius 2 is 1.92 bits per heavy atom. The number of alkyl halides is 2. The van der Waals surface area contributed by atoms with E-state index in [4.69, 9.17) is 5.73 Å². The van der Waals surface area contributed by atoms with Gasteiger partial charge in [-0.25, -0.2) is 8.78 Å². The van der Waals surface area contributed by atoms with Gasteiger partial charge in [-0.3, -0.25) is 9.97 Å². The first-order chi connectivity index (χ1) is 5.96. The van der Waals surface area contributed by atoms with Crippen LogP contribution in [0.25, 0.3) is 0 Å². The SMILES string of the molecule is Cc1nccnc1C(C)(N)C(F)F. The molecule has 1 unspecified atom stereocenters. The maximum Gasteiger partial charge on any atom is 0.261 e. The number of aromatic nitrogens is 2. The molecule has 0 radical (unpaired) electrons. The Hall–Kier alpha value is -1.10. The minimum absolute atomic E-state index is 0.144. The Morgan fingerprint density at radius 3 is 2.38 bits per heavy atom. The summed E-state index contributed by atoms with van der Waals surface area (Å²) in [6.07, 6.45) is 0.152. The van der Waals surface area contributed by atoms with Crippen LogP contribution in [-0.4, -0.2) is 16.4 Å². The van der Waals surface area contributed by atoms with Crippen molar-refractivity contribution in [2.75, 3.05) is 0 Å². The summed E-state index contributed by atoms with van der Waals surface area (Å²) < 4.78 is 25.0. The molecule has 0 aliphatic carbocycles. The van der Waals surface area contributed by atoms with E-state index in [0.717, 1.165) is 0 Å². The van der Waals surface area contributed by atoms with Gasteiger partial charge in [0.2, 0.25) is 0 Å². The van der Waals surface area contributed by atoms with Crippen LogP contribution in [0.3, 0.4) is 0 Å². The predicted molar refractivity (Wildman–Crippen MR) is 44.3 cm³/mol. The molecule has 1 aromatic heterocycles. The molecular weight excluding hydrogens is 176 g/mol. The van der Waals surface area contributed by atoms with Gasteiger partial charge in [0.25, 0.3) is 6.43 Å². The summed E-state index contributed by atoms with van der Waals surface area (Å²) >= 11 is 0. The zero-order chi connectivity index (χ0) is 10.1. The molecule has 1 atom stereocenters. The summed E-state index contributed by atoms with van der Waals surface area (Å²) in [5, 5.41) is 0. The molecule has 0 aliphatic rings. The third-order valence-corrected chi connectivity index (χ3v) is 1.84. The van der Waals surface area contributed by atoms with E-state index in [2.05, 4.69) is 9.97 Å². The summed E-state index contributed by atoms with van der Waals surface area (Å²) in [5.74, 6) is 0. The standard InChI is InChI=1S/C8H11F2N3/c1-5-6(13-4-3-12-5)8(2,11)7(9)10/h3-4,7H,11H2,1-2H3. The second-order valence-corrected chi connectivity index (χ2v) is 3.07. The van der Waals surface area contributed by atoms with E-state index in [9.17, 15) is 8.78 Å². The van der Waals surface area contributed by atoms with Gasteiger partial charge in [-0.15, -0.1) is 0 Å². The van der Waals surface area contributed by atoms with Crippen LogP contribution in [0.4, 0.5) is 8.78 Å².